The van der Waals surface area contributed by atoms with Gasteiger partial charge in [-0.1, -0.05) is 0 Å². The Labute approximate surface area is 88.0 Å². The van der Waals surface area contributed by atoms with Crippen molar-refractivity contribution < 1.29 is 14.3 Å². The van der Waals surface area contributed by atoms with Gasteiger partial charge in [-0.25, -0.2) is 4.79 Å². The predicted octanol–water partition coefficient (Wildman–Crippen LogP) is 1.66. The number of nitrogens with zero attached hydrogens (tertiary/aromatic N) is 1. The first-order valence-corrected chi connectivity index (χ1v) is 4.31. The topological polar surface area (TPSA) is 59.3 Å². The lowest BCUT2D eigenvalue weighted by Crippen LogP contribution is -2.05. The Morgan fingerprint density at radius 3 is 2.53 bits per heavy atom. The predicted molar refractivity (Wildman–Crippen MR) is 53.8 cm³/mol. The average Bonchev–Trinajstić information content (AvgIpc) is 2.27. The highest BCUT2D eigenvalue weighted by Crippen LogP contribution is 2.22. The van der Waals surface area contributed by atoms with Gasteiger partial charge in [0.25, 0.3) is 0 Å². The lowest BCUT2D eigenvalue weighted by Gasteiger charge is -2.08. The van der Waals surface area contributed by atoms with E-state index in [1.54, 1.807) is 13.0 Å². The minimum atomic E-state index is -0.452. The quantitative estimate of drug-likeness (QED) is 0.689. The number of esters is 1. The Morgan fingerprint density at radius 2 is 2.07 bits per heavy atom. The molecular formula is C11H11NO3. The number of hydrogen-bond acceptors (Lipinski definition) is 4. The lowest BCUT2D eigenvalue weighted by molar-refractivity contribution is 0.0600. The second-order valence-corrected chi connectivity index (χ2v) is 2.97. The summed E-state index contributed by atoms with van der Waals surface area (Å²) in [5.41, 5.74) is 1.43. The van der Waals surface area contributed by atoms with Gasteiger partial charge in [0.1, 0.15) is 11.8 Å². The summed E-state index contributed by atoms with van der Waals surface area (Å²) >= 11 is 0. The fraction of sp³-hybridized carbons (Fsp3) is 0.273. The fourth-order valence-corrected chi connectivity index (χ4v) is 1.27. The van der Waals surface area contributed by atoms with Gasteiger partial charge in [0.2, 0.25) is 0 Å². The summed E-state index contributed by atoms with van der Waals surface area (Å²) in [7, 11) is 2.78. The third-order valence-electron chi connectivity index (χ3n) is 2.07. The molecule has 0 aliphatic carbocycles. The summed E-state index contributed by atoms with van der Waals surface area (Å²) < 4.78 is 9.61. The molecule has 0 aliphatic heterocycles. The number of methoxy groups -OCH3 is 2. The zero-order valence-electron chi connectivity index (χ0n) is 8.83. The van der Waals surface area contributed by atoms with Gasteiger partial charge in [-0.05, 0) is 24.6 Å². The molecule has 4 heteroatoms. The van der Waals surface area contributed by atoms with Gasteiger partial charge in [-0.15, -0.1) is 0 Å². The van der Waals surface area contributed by atoms with Crippen LogP contribution >= 0.6 is 0 Å². The highest BCUT2D eigenvalue weighted by Gasteiger charge is 2.13. The third-order valence-corrected chi connectivity index (χ3v) is 2.07. The SMILES string of the molecule is COC(=O)c1cc(C#N)c(OC)cc1C. The number of ether oxygens (including phenoxy) is 2. The minimum absolute atomic E-state index is 0.323. The number of benzene rings is 1. The Bertz CT molecular complexity index is 432. The molecule has 4 nitrogen and oxygen atoms in total. The Hall–Kier alpha value is -2.02. The van der Waals surface area contributed by atoms with Crippen molar-refractivity contribution in [2.45, 2.75) is 6.92 Å². The van der Waals surface area contributed by atoms with Crippen LogP contribution < -0.4 is 4.74 Å². The molecule has 0 aliphatic rings. The first-order chi connectivity index (χ1) is 7.13. The summed E-state index contributed by atoms with van der Waals surface area (Å²) in [5, 5.41) is 8.84. The maximum atomic E-state index is 11.3. The molecule has 78 valence electrons. The number of hydrogen-bond donors (Lipinski definition) is 0. The summed E-state index contributed by atoms with van der Waals surface area (Å²) in [6.07, 6.45) is 0. The monoisotopic (exact) mass is 205 g/mol. The van der Waals surface area contributed by atoms with Crippen LogP contribution in [0.4, 0.5) is 0 Å². The van der Waals surface area contributed by atoms with Crippen LogP contribution in [0.1, 0.15) is 21.5 Å². The van der Waals surface area contributed by atoms with Crippen molar-refractivity contribution in [3.05, 3.63) is 28.8 Å². The summed E-state index contributed by atoms with van der Waals surface area (Å²) in [6, 6.07) is 5.08. The molecule has 0 bridgehead atoms. The van der Waals surface area contributed by atoms with E-state index in [4.69, 9.17) is 10.00 Å². The van der Waals surface area contributed by atoms with Gasteiger partial charge in [0.05, 0.1) is 25.3 Å². The molecule has 0 heterocycles. The van der Waals surface area contributed by atoms with Crippen LogP contribution in [-0.4, -0.2) is 20.2 Å². The standard InChI is InChI=1S/C11H11NO3/c1-7-4-10(14-2)8(6-12)5-9(7)11(13)15-3/h4-5H,1-3H3. The van der Waals surface area contributed by atoms with Crippen LogP contribution in [0.15, 0.2) is 12.1 Å². The van der Waals surface area contributed by atoms with Crippen molar-refractivity contribution in [3.63, 3.8) is 0 Å². The van der Waals surface area contributed by atoms with Crippen LogP contribution in [0.2, 0.25) is 0 Å². The number of carbonyl (C=O) groups is 1. The zero-order valence-corrected chi connectivity index (χ0v) is 8.83. The Balaban J connectivity index is 3.33. The van der Waals surface area contributed by atoms with Gasteiger partial charge >= 0.3 is 5.97 Å². The number of aryl methyl sites for hydroxylation is 1. The van der Waals surface area contributed by atoms with E-state index >= 15 is 0 Å². The molecule has 0 radical (unpaired) electrons. The van der Waals surface area contributed by atoms with Crippen molar-refractivity contribution >= 4 is 5.97 Å². The van der Waals surface area contributed by atoms with Crippen molar-refractivity contribution in [3.8, 4) is 11.8 Å². The maximum Gasteiger partial charge on any atom is 0.338 e. The number of nitriles is 1. The summed E-state index contributed by atoms with van der Waals surface area (Å²) in [4.78, 5) is 11.3. The summed E-state index contributed by atoms with van der Waals surface area (Å²) in [6.45, 7) is 1.76. The largest absolute Gasteiger partial charge is 0.495 e. The van der Waals surface area contributed by atoms with Gasteiger partial charge in [-0.2, -0.15) is 5.26 Å². The van der Waals surface area contributed by atoms with Gasteiger partial charge in [-0.3, -0.25) is 0 Å². The van der Waals surface area contributed by atoms with E-state index in [0.29, 0.717) is 16.9 Å². The molecule has 1 rings (SSSR count). The highest BCUT2D eigenvalue weighted by molar-refractivity contribution is 5.91. The van der Waals surface area contributed by atoms with Crippen LogP contribution in [0.5, 0.6) is 5.75 Å². The normalized spacial score (nSPS) is 9.20. The van der Waals surface area contributed by atoms with Gasteiger partial charge in [0.15, 0.2) is 0 Å². The second kappa shape index (κ2) is 4.47. The molecule has 1 aromatic carbocycles. The molecule has 1 aromatic rings. The van der Waals surface area contributed by atoms with E-state index in [-0.39, 0.29) is 0 Å². The van der Waals surface area contributed by atoms with Crippen molar-refractivity contribution in [2.24, 2.45) is 0 Å². The molecular weight excluding hydrogens is 194 g/mol. The molecule has 15 heavy (non-hydrogen) atoms. The van der Waals surface area contributed by atoms with Crippen LogP contribution in [0, 0.1) is 18.3 Å². The molecule has 0 fully saturated rings. The van der Waals surface area contributed by atoms with Crippen LogP contribution in [0.3, 0.4) is 0 Å². The van der Waals surface area contributed by atoms with E-state index in [1.807, 2.05) is 6.07 Å². The van der Waals surface area contributed by atoms with Crippen molar-refractivity contribution in [1.82, 2.24) is 0 Å². The van der Waals surface area contributed by atoms with Gasteiger partial charge < -0.3 is 9.47 Å². The highest BCUT2D eigenvalue weighted by atomic mass is 16.5. The number of rotatable bonds is 2. The maximum absolute atomic E-state index is 11.3. The smallest absolute Gasteiger partial charge is 0.338 e. The van der Waals surface area contributed by atoms with Crippen molar-refractivity contribution in [2.75, 3.05) is 14.2 Å². The van der Waals surface area contributed by atoms with E-state index in [2.05, 4.69) is 4.74 Å². The molecule has 0 aromatic heterocycles. The molecule has 0 saturated heterocycles. The average molecular weight is 205 g/mol. The molecule has 0 saturated carbocycles. The van der Waals surface area contributed by atoms with Crippen molar-refractivity contribution in [1.29, 1.82) is 5.26 Å². The molecule has 0 unspecified atom stereocenters. The van der Waals surface area contributed by atoms with E-state index in [0.717, 1.165) is 5.56 Å². The molecule has 0 atom stereocenters. The second-order valence-electron chi connectivity index (χ2n) is 2.97. The summed E-state index contributed by atoms with van der Waals surface area (Å²) in [5.74, 6) is 0.00862. The first-order valence-electron chi connectivity index (χ1n) is 4.31. The molecule has 0 spiro atoms. The number of carbonyl (C=O) groups excluding carboxylic acids is 1. The molecule has 0 N–H and O–H groups in total. The minimum Gasteiger partial charge on any atom is -0.495 e. The van der Waals surface area contributed by atoms with E-state index in [1.165, 1.54) is 20.3 Å². The lowest BCUT2D eigenvalue weighted by atomic mass is 10.0. The van der Waals surface area contributed by atoms with Crippen LogP contribution in [0.25, 0.3) is 0 Å². The molecule has 0 amide bonds. The van der Waals surface area contributed by atoms with E-state index < -0.39 is 5.97 Å². The van der Waals surface area contributed by atoms with E-state index in [9.17, 15) is 4.79 Å². The fourth-order valence-electron chi connectivity index (χ4n) is 1.27. The Morgan fingerprint density at radius 1 is 1.40 bits per heavy atom. The van der Waals surface area contributed by atoms with Gasteiger partial charge in [0, 0.05) is 0 Å². The zero-order chi connectivity index (χ0) is 11.4. The first kappa shape index (κ1) is 11.1. The Kier molecular flexibility index (Phi) is 3.29. The van der Waals surface area contributed by atoms with Crippen LogP contribution in [-0.2, 0) is 4.74 Å². The third kappa shape index (κ3) is 2.08.